The number of hydrogen-bond acceptors (Lipinski definition) is 3. The van der Waals surface area contributed by atoms with Crippen LogP contribution in [0.4, 0.5) is 4.79 Å². The predicted molar refractivity (Wildman–Crippen MR) is 23.3 cm³/mol. The Bertz CT molecular complexity index is 41.5. The first-order chi connectivity index (χ1) is 1.73. The number of hydrogen-bond donors (Lipinski definition) is 0. The van der Waals surface area contributed by atoms with Gasteiger partial charge in [0.2, 0.25) is 0 Å². The SMILES string of the molecule is O=C([O-])[O-].[Ca+2].[Cl-].[Mg+2].[Mg+2].[O-2]. The molecule has 0 saturated heterocycles. The molecule has 0 heterocycles. The molecule has 0 atom stereocenters. The minimum atomic E-state index is -2.33. The summed E-state index contributed by atoms with van der Waals surface area (Å²) in [4.78, 5) is 8.33. The van der Waals surface area contributed by atoms with E-state index < -0.39 is 6.16 Å². The van der Waals surface area contributed by atoms with Crippen molar-refractivity contribution in [3.05, 3.63) is 0 Å². The quantitative estimate of drug-likeness (QED) is 0.364. The van der Waals surface area contributed by atoms with E-state index in [0.717, 1.165) is 0 Å². The molecular formula is CCaClMg2O4+. The average molecular weight is 200 g/mol. The van der Waals surface area contributed by atoms with Crippen molar-refractivity contribution in [3.63, 3.8) is 0 Å². The fourth-order valence-corrected chi connectivity index (χ4v) is 0. The summed E-state index contributed by atoms with van der Waals surface area (Å²) in [6, 6.07) is 0. The molecule has 0 saturated carbocycles. The second-order valence-corrected chi connectivity index (χ2v) is 0.250. The number of halogens is 1. The van der Waals surface area contributed by atoms with E-state index in [4.69, 9.17) is 15.0 Å². The van der Waals surface area contributed by atoms with E-state index in [-0.39, 0.29) is 102 Å². The first-order valence-corrected chi connectivity index (χ1v) is 0.612. The maximum absolute atomic E-state index is 8.33. The third kappa shape index (κ3) is 133. The first kappa shape index (κ1) is 42.6. The van der Waals surface area contributed by atoms with Gasteiger partial charge in [0.25, 0.3) is 0 Å². The van der Waals surface area contributed by atoms with Crippen molar-refractivity contribution in [1.29, 1.82) is 0 Å². The van der Waals surface area contributed by atoms with Gasteiger partial charge in [-0.05, 0) is 6.16 Å². The third-order valence-electron chi connectivity index (χ3n) is 0. The van der Waals surface area contributed by atoms with E-state index in [1.165, 1.54) is 0 Å². The molecule has 9 heavy (non-hydrogen) atoms. The largest absolute Gasteiger partial charge is 2.00 e. The van der Waals surface area contributed by atoms with E-state index in [1.807, 2.05) is 0 Å². The van der Waals surface area contributed by atoms with Crippen molar-refractivity contribution < 1.29 is 32.9 Å². The molecule has 0 bridgehead atoms. The Kier molecular flexibility index (Phi) is 150. The molecule has 0 fully saturated rings. The summed E-state index contributed by atoms with van der Waals surface area (Å²) in [7, 11) is 0. The fraction of sp³-hybridized carbons (Fsp3) is 0. The summed E-state index contributed by atoms with van der Waals surface area (Å²) >= 11 is 0. The Labute approximate surface area is 121 Å². The van der Waals surface area contributed by atoms with Crippen molar-refractivity contribution in [3.8, 4) is 0 Å². The van der Waals surface area contributed by atoms with Gasteiger partial charge in [0, 0.05) is 0 Å². The van der Waals surface area contributed by atoms with Crippen LogP contribution in [-0.4, -0.2) is 90.0 Å². The van der Waals surface area contributed by atoms with Crippen LogP contribution >= 0.6 is 0 Å². The minimum absolute atomic E-state index is 0. The maximum Gasteiger partial charge on any atom is 2.00 e. The van der Waals surface area contributed by atoms with Gasteiger partial charge in [0.15, 0.2) is 0 Å². The van der Waals surface area contributed by atoms with Gasteiger partial charge in [0.1, 0.15) is 0 Å². The fourth-order valence-electron chi connectivity index (χ4n) is 0. The van der Waals surface area contributed by atoms with Crippen molar-refractivity contribution in [2.75, 3.05) is 0 Å². The van der Waals surface area contributed by atoms with E-state index in [1.54, 1.807) is 0 Å². The topological polar surface area (TPSA) is 91.7 Å². The molecule has 0 aliphatic rings. The second kappa shape index (κ2) is 31.7. The molecule has 40 valence electrons. The molecule has 0 aliphatic heterocycles. The van der Waals surface area contributed by atoms with E-state index in [0.29, 0.717) is 0 Å². The molecule has 0 aliphatic carbocycles. The zero-order chi connectivity index (χ0) is 3.58. The number of carbonyl (C=O) groups excluding carboxylic acids is 1. The van der Waals surface area contributed by atoms with Crippen LogP contribution in [0, 0.1) is 0 Å². The van der Waals surface area contributed by atoms with Gasteiger partial charge in [-0.2, -0.15) is 0 Å². The Morgan fingerprint density at radius 3 is 1.11 bits per heavy atom. The predicted octanol–water partition coefficient (Wildman–Crippen LogP) is -6.70. The van der Waals surface area contributed by atoms with Crippen LogP contribution in [0.1, 0.15) is 0 Å². The second-order valence-electron chi connectivity index (χ2n) is 0.250. The zero-order valence-corrected chi connectivity index (χ0v) is 10.4. The minimum Gasteiger partial charge on any atom is -2.00 e. The monoisotopic (exact) mass is 199 g/mol. The van der Waals surface area contributed by atoms with E-state index in [2.05, 4.69) is 0 Å². The third-order valence-corrected chi connectivity index (χ3v) is 0. The van der Waals surface area contributed by atoms with E-state index >= 15 is 0 Å². The molecule has 0 rings (SSSR count). The summed E-state index contributed by atoms with van der Waals surface area (Å²) in [6.45, 7) is 0. The van der Waals surface area contributed by atoms with Gasteiger partial charge in [-0.25, -0.2) is 0 Å². The summed E-state index contributed by atoms with van der Waals surface area (Å²) < 4.78 is 0. The van der Waals surface area contributed by atoms with Crippen molar-refractivity contribution in [2.24, 2.45) is 0 Å². The number of rotatable bonds is 0. The van der Waals surface area contributed by atoms with Gasteiger partial charge < -0.3 is 32.9 Å². The molecule has 8 heteroatoms. The molecule has 0 N–H and O–H groups in total. The molecule has 0 spiro atoms. The summed E-state index contributed by atoms with van der Waals surface area (Å²) in [6.07, 6.45) is -2.33. The van der Waals surface area contributed by atoms with Crippen LogP contribution in [0.15, 0.2) is 0 Å². The molecule has 0 aromatic carbocycles. The number of carboxylic acid groups (broad SMARTS) is 2. The van der Waals surface area contributed by atoms with Crippen LogP contribution in [0.3, 0.4) is 0 Å². The Morgan fingerprint density at radius 1 is 1.11 bits per heavy atom. The van der Waals surface area contributed by atoms with Crippen molar-refractivity contribution >= 4 is 90.0 Å². The molecule has 0 aromatic heterocycles. The number of carbonyl (C=O) groups is 1. The van der Waals surface area contributed by atoms with Crippen LogP contribution < -0.4 is 22.6 Å². The van der Waals surface area contributed by atoms with Crippen LogP contribution in [0.2, 0.25) is 0 Å². The standard InChI is InChI=1S/CH2O3.Ca.ClH.2Mg.O/c2-1(3)4;;;;;/h(H2,2,3,4);;1H;;;/q;+2;;2*+2;-2/p-3. The molecule has 0 radical (unpaired) electrons. The van der Waals surface area contributed by atoms with Crippen LogP contribution in [0.25, 0.3) is 0 Å². The van der Waals surface area contributed by atoms with Crippen LogP contribution in [0.5, 0.6) is 0 Å². The van der Waals surface area contributed by atoms with Gasteiger partial charge in [-0.15, -0.1) is 0 Å². The normalized spacial score (nSPS) is 2.67. The van der Waals surface area contributed by atoms with Crippen molar-refractivity contribution in [1.82, 2.24) is 0 Å². The Morgan fingerprint density at radius 2 is 1.11 bits per heavy atom. The Balaban J connectivity index is -0.00000000450. The maximum atomic E-state index is 8.33. The molecular weight excluding hydrogens is 200 g/mol. The van der Waals surface area contributed by atoms with Gasteiger partial charge in [-0.3, -0.25) is 0 Å². The molecule has 0 amide bonds. The van der Waals surface area contributed by atoms with Gasteiger partial charge in [-0.1, -0.05) is 0 Å². The summed E-state index contributed by atoms with van der Waals surface area (Å²) in [5.74, 6) is 0. The van der Waals surface area contributed by atoms with Gasteiger partial charge in [0.05, 0.1) is 0 Å². The van der Waals surface area contributed by atoms with Crippen LogP contribution in [-0.2, 0) is 5.48 Å². The van der Waals surface area contributed by atoms with Gasteiger partial charge >= 0.3 is 83.8 Å². The molecule has 0 aromatic rings. The molecule has 0 unspecified atom stereocenters. The molecule has 4 nitrogen and oxygen atoms in total. The van der Waals surface area contributed by atoms with E-state index in [9.17, 15) is 0 Å². The average Bonchev–Trinajstić information content (AvgIpc) is 0.811. The summed E-state index contributed by atoms with van der Waals surface area (Å²) in [5, 5.41) is 16.7. The smallest absolute Gasteiger partial charge is 2.00 e. The Hall–Kier alpha value is 2.31. The van der Waals surface area contributed by atoms with Crippen molar-refractivity contribution in [2.45, 2.75) is 0 Å². The summed E-state index contributed by atoms with van der Waals surface area (Å²) in [5.41, 5.74) is 0. The zero-order valence-electron chi connectivity index (χ0n) is 4.63. The first-order valence-electron chi connectivity index (χ1n) is 0.612.